The summed E-state index contributed by atoms with van der Waals surface area (Å²) >= 11 is 7.63. The molecule has 0 spiro atoms. The van der Waals surface area contributed by atoms with Crippen molar-refractivity contribution in [2.24, 2.45) is 0 Å². The van der Waals surface area contributed by atoms with E-state index in [1.165, 1.54) is 0 Å². The Bertz CT molecular complexity index is 914. The van der Waals surface area contributed by atoms with Crippen LogP contribution in [0.1, 0.15) is 28.4 Å². The molecule has 0 heterocycles. The van der Waals surface area contributed by atoms with Gasteiger partial charge in [0.25, 0.3) is 5.91 Å². The maximum atomic E-state index is 12.6. The van der Waals surface area contributed by atoms with E-state index in [4.69, 9.17) is 16.3 Å². The van der Waals surface area contributed by atoms with Crippen LogP contribution in [-0.4, -0.2) is 12.5 Å². The van der Waals surface area contributed by atoms with E-state index < -0.39 is 0 Å². The highest BCUT2D eigenvalue weighted by Gasteiger charge is 2.11. The normalized spacial score (nSPS) is 10.5. The van der Waals surface area contributed by atoms with Crippen LogP contribution in [0, 0.1) is 0 Å². The van der Waals surface area contributed by atoms with Crippen LogP contribution in [0.5, 0.6) is 5.75 Å². The van der Waals surface area contributed by atoms with Gasteiger partial charge in [-0.15, -0.1) is 11.8 Å². The van der Waals surface area contributed by atoms with Crippen molar-refractivity contribution >= 4 is 29.3 Å². The Morgan fingerprint density at radius 3 is 2.50 bits per heavy atom. The molecule has 0 bridgehead atoms. The summed E-state index contributed by atoms with van der Waals surface area (Å²) in [5.41, 5.74) is 2.69. The Kier molecular flexibility index (Phi) is 7.40. The van der Waals surface area contributed by atoms with E-state index in [2.05, 4.69) is 5.32 Å². The summed E-state index contributed by atoms with van der Waals surface area (Å²) in [6, 6.07) is 23.2. The fourth-order valence-electron chi connectivity index (χ4n) is 2.70. The van der Waals surface area contributed by atoms with Crippen LogP contribution >= 0.6 is 23.4 Å². The fraction of sp³-hybridized carbons (Fsp3) is 0.174. The molecule has 0 radical (unpaired) electrons. The minimum absolute atomic E-state index is 0.0929. The monoisotopic (exact) mass is 411 g/mol. The number of thioether (sulfide) groups is 1. The Hall–Kier alpha value is -2.43. The van der Waals surface area contributed by atoms with Crippen molar-refractivity contribution in [1.29, 1.82) is 0 Å². The molecular weight excluding hydrogens is 390 g/mol. The molecule has 144 valence electrons. The van der Waals surface area contributed by atoms with Crippen LogP contribution in [0.15, 0.2) is 77.7 Å². The molecule has 0 saturated carbocycles. The SMILES string of the molecule is CCOc1ccc(C(=O)NCc2ccccc2)cc1CSc1ccc(Cl)cc1. The van der Waals surface area contributed by atoms with Crippen molar-refractivity contribution in [3.63, 3.8) is 0 Å². The van der Waals surface area contributed by atoms with E-state index >= 15 is 0 Å². The highest BCUT2D eigenvalue weighted by molar-refractivity contribution is 7.98. The molecule has 5 heteroatoms. The lowest BCUT2D eigenvalue weighted by Gasteiger charge is -2.12. The molecule has 28 heavy (non-hydrogen) atoms. The average Bonchev–Trinajstić information content (AvgIpc) is 2.73. The van der Waals surface area contributed by atoms with Gasteiger partial charge in [-0.05, 0) is 55.0 Å². The molecule has 0 unspecified atom stereocenters. The lowest BCUT2D eigenvalue weighted by molar-refractivity contribution is 0.0951. The van der Waals surface area contributed by atoms with E-state index in [0.29, 0.717) is 24.5 Å². The van der Waals surface area contributed by atoms with E-state index in [9.17, 15) is 4.79 Å². The largest absolute Gasteiger partial charge is 0.494 e. The van der Waals surface area contributed by atoms with Crippen molar-refractivity contribution in [3.05, 3.63) is 94.5 Å². The zero-order valence-electron chi connectivity index (χ0n) is 15.7. The molecule has 0 aliphatic carbocycles. The third-order valence-electron chi connectivity index (χ3n) is 4.13. The highest BCUT2D eigenvalue weighted by Crippen LogP contribution is 2.29. The molecule has 0 atom stereocenters. The third-order valence-corrected chi connectivity index (χ3v) is 5.44. The number of carbonyl (C=O) groups is 1. The number of nitrogens with one attached hydrogen (secondary N) is 1. The number of rotatable bonds is 8. The van der Waals surface area contributed by atoms with Crippen molar-refractivity contribution in [3.8, 4) is 5.75 Å². The lowest BCUT2D eigenvalue weighted by atomic mass is 10.1. The lowest BCUT2D eigenvalue weighted by Crippen LogP contribution is -2.22. The molecule has 0 saturated heterocycles. The minimum atomic E-state index is -0.0929. The smallest absolute Gasteiger partial charge is 0.251 e. The summed E-state index contributed by atoms with van der Waals surface area (Å²) in [4.78, 5) is 13.7. The fourth-order valence-corrected chi connectivity index (χ4v) is 3.70. The van der Waals surface area contributed by atoms with Crippen LogP contribution < -0.4 is 10.1 Å². The zero-order chi connectivity index (χ0) is 19.8. The molecule has 0 aromatic heterocycles. The van der Waals surface area contributed by atoms with Gasteiger partial charge in [0.05, 0.1) is 6.61 Å². The first-order chi connectivity index (χ1) is 13.7. The molecule has 3 aromatic rings. The van der Waals surface area contributed by atoms with Gasteiger partial charge in [0.15, 0.2) is 0 Å². The molecule has 1 amide bonds. The van der Waals surface area contributed by atoms with E-state index in [1.807, 2.05) is 79.7 Å². The first kappa shape index (κ1) is 20.3. The van der Waals surface area contributed by atoms with E-state index in [0.717, 1.165) is 26.8 Å². The van der Waals surface area contributed by atoms with Gasteiger partial charge in [-0.25, -0.2) is 0 Å². The summed E-state index contributed by atoms with van der Waals surface area (Å²) in [6.07, 6.45) is 0. The number of hydrogen-bond donors (Lipinski definition) is 1. The topological polar surface area (TPSA) is 38.3 Å². The zero-order valence-corrected chi connectivity index (χ0v) is 17.2. The molecule has 0 fully saturated rings. The number of ether oxygens (including phenoxy) is 1. The molecule has 0 aliphatic heterocycles. The minimum Gasteiger partial charge on any atom is -0.494 e. The second-order valence-electron chi connectivity index (χ2n) is 6.17. The number of carbonyl (C=O) groups excluding carboxylic acids is 1. The van der Waals surface area contributed by atoms with E-state index in [-0.39, 0.29) is 5.91 Å². The van der Waals surface area contributed by atoms with Crippen LogP contribution in [0.4, 0.5) is 0 Å². The molecule has 3 rings (SSSR count). The number of benzene rings is 3. The summed E-state index contributed by atoms with van der Waals surface area (Å²) in [5.74, 6) is 1.42. The van der Waals surface area contributed by atoms with E-state index in [1.54, 1.807) is 11.8 Å². The average molecular weight is 412 g/mol. The number of hydrogen-bond acceptors (Lipinski definition) is 3. The van der Waals surface area contributed by atoms with Crippen molar-refractivity contribution < 1.29 is 9.53 Å². The Morgan fingerprint density at radius 2 is 1.79 bits per heavy atom. The first-order valence-corrected chi connectivity index (χ1v) is 10.5. The third kappa shape index (κ3) is 5.78. The molecule has 3 aromatic carbocycles. The predicted molar refractivity (Wildman–Crippen MR) is 116 cm³/mol. The van der Waals surface area contributed by atoms with Crippen molar-refractivity contribution in [2.75, 3.05) is 6.61 Å². The van der Waals surface area contributed by atoms with Gasteiger partial charge in [0.1, 0.15) is 5.75 Å². The second kappa shape index (κ2) is 10.2. The highest BCUT2D eigenvalue weighted by atomic mass is 35.5. The van der Waals surface area contributed by atoms with Crippen LogP contribution in [-0.2, 0) is 12.3 Å². The molecular formula is C23H22ClNO2S. The summed E-state index contributed by atoms with van der Waals surface area (Å²) in [7, 11) is 0. The van der Waals surface area contributed by atoms with Gasteiger partial charge in [-0.1, -0.05) is 41.9 Å². The molecule has 3 nitrogen and oxygen atoms in total. The molecule has 0 aliphatic rings. The van der Waals surface area contributed by atoms with Crippen LogP contribution in [0.25, 0.3) is 0 Å². The van der Waals surface area contributed by atoms with Crippen molar-refractivity contribution in [2.45, 2.75) is 24.1 Å². The predicted octanol–water partition coefficient (Wildman–Crippen LogP) is 5.96. The standard InChI is InChI=1S/C23H22ClNO2S/c1-2-27-22-13-8-18(23(26)25-15-17-6-4-3-5-7-17)14-19(22)16-28-21-11-9-20(24)10-12-21/h3-14H,2,15-16H2,1H3,(H,25,26). The summed E-state index contributed by atoms with van der Waals surface area (Å²) in [6.45, 7) is 3.04. The summed E-state index contributed by atoms with van der Waals surface area (Å²) in [5, 5.41) is 3.69. The second-order valence-corrected chi connectivity index (χ2v) is 7.65. The number of amides is 1. The Morgan fingerprint density at radius 1 is 1.04 bits per heavy atom. The molecule has 1 N–H and O–H groups in total. The van der Waals surface area contributed by atoms with Gasteiger partial charge >= 0.3 is 0 Å². The summed E-state index contributed by atoms with van der Waals surface area (Å²) < 4.78 is 5.74. The maximum absolute atomic E-state index is 12.6. The van der Waals surface area contributed by atoms with Gasteiger partial charge in [0.2, 0.25) is 0 Å². The van der Waals surface area contributed by atoms with Gasteiger partial charge in [-0.3, -0.25) is 4.79 Å². The van der Waals surface area contributed by atoms with Crippen LogP contribution in [0.2, 0.25) is 5.02 Å². The van der Waals surface area contributed by atoms with Gasteiger partial charge in [0, 0.05) is 33.3 Å². The Balaban J connectivity index is 1.70. The quantitative estimate of drug-likeness (QED) is 0.464. The maximum Gasteiger partial charge on any atom is 0.251 e. The number of halogens is 1. The first-order valence-electron chi connectivity index (χ1n) is 9.12. The van der Waals surface area contributed by atoms with Gasteiger partial charge in [-0.2, -0.15) is 0 Å². The van der Waals surface area contributed by atoms with Crippen LogP contribution in [0.3, 0.4) is 0 Å². The van der Waals surface area contributed by atoms with Crippen molar-refractivity contribution in [1.82, 2.24) is 5.32 Å². The van der Waals surface area contributed by atoms with Gasteiger partial charge < -0.3 is 10.1 Å². The Labute approximate surface area is 175 Å².